The first-order chi connectivity index (χ1) is 11.7. The molecule has 0 fully saturated rings. The quantitative estimate of drug-likeness (QED) is 0.444. The van der Waals surface area contributed by atoms with Gasteiger partial charge in [-0.15, -0.1) is 10.2 Å². The van der Waals surface area contributed by atoms with Gasteiger partial charge in [0, 0.05) is 32.1 Å². The molecule has 0 aliphatic carbocycles. The lowest BCUT2D eigenvalue weighted by atomic mass is 9.94. The van der Waals surface area contributed by atoms with Gasteiger partial charge in [-0.1, -0.05) is 37.3 Å². The Kier molecular flexibility index (Phi) is 7.26. The molecule has 0 spiro atoms. The summed E-state index contributed by atoms with van der Waals surface area (Å²) in [5.41, 5.74) is 1.34. The average Bonchev–Trinajstić information content (AvgIpc) is 3.13. The van der Waals surface area contributed by atoms with Gasteiger partial charge in [0.2, 0.25) is 0 Å². The highest BCUT2D eigenvalue weighted by Crippen LogP contribution is 2.18. The second-order valence-corrected chi connectivity index (χ2v) is 6.04. The SMILES string of the molecule is CN=C(NCCCCn1cnnc1)NC(C)C(C)c1ccccc1. The Hall–Kier alpha value is -2.37. The fraction of sp³-hybridized carbons (Fsp3) is 0.500. The van der Waals surface area contributed by atoms with Crippen LogP contribution < -0.4 is 10.6 Å². The van der Waals surface area contributed by atoms with E-state index in [1.807, 2.05) is 11.6 Å². The van der Waals surface area contributed by atoms with E-state index in [0.29, 0.717) is 12.0 Å². The van der Waals surface area contributed by atoms with Gasteiger partial charge in [0.05, 0.1) is 0 Å². The molecule has 0 aliphatic heterocycles. The molecule has 1 heterocycles. The van der Waals surface area contributed by atoms with Gasteiger partial charge >= 0.3 is 0 Å². The van der Waals surface area contributed by atoms with E-state index in [4.69, 9.17) is 0 Å². The maximum Gasteiger partial charge on any atom is 0.191 e. The number of aryl methyl sites for hydroxylation is 1. The number of benzene rings is 1. The van der Waals surface area contributed by atoms with E-state index in [1.165, 1.54) is 5.56 Å². The molecule has 0 saturated carbocycles. The molecular weight excluding hydrogens is 300 g/mol. The maximum atomic E-state index is 4.32. The Morgan fingerprint density at radius 2 is 1.83 bits per heavy atom. The molecule has 0 aliphatic rings. The average molecular weight is 328 g/mol. The minimum atomic E-state index is 0.302. The number of nitrogens with zero attached hydrogens (tertiary/aromatic N) is 4. The van der Waals surface area contributed by atoms with Crippen molar-refractivity contribution in [3.63, 3.8) is 0 Å². The smallest absolute Gasteiger partial charge is 0.191 e. The van der Waals surface area contributed by atoms with Crippen molar-refractivity contribution in [2.45, 2.75) is 45.2 Å². The third-order valence-corrected chi connectivity index (χ3v) is 4.27. The lowest BCUT2D eigenvalue weighted by Gasteiger charge is -2.24. The molecule has 2 aromatic rings. The number of nitrogens with one attached hydrogen (secondary N) is 2. The van der Waals surface area contributed by atoms with Crippen LogP contribution in [0.4, 0.5) is 0 Å². The number of aliphatic imine (C=N–C) groups is 1. The molecule has 1 aromatic heterocycles. The summed E-state index contributed by atoms with van der Waals surface area (Å²) in [5.74, 6) is 1.27. The molecule has 2 unspecified atom stereocenters. The first kappa shape index (κ1) is 18.0. The van der Waals surface area contributed by atoms with Crippen LogP contribution in [0.2, 0.25) is 0 Å². The number of unbranched alkanes of at least 4 members (excludes halogenated alkanes) is 1. The largest absolute Gasteiger partial charge is 0.356 e. The van der Waals surface area contributed by atoms with E-state index < -0.39 is 0 Å². The molecule has 24 heavy (non-hydrogen) atoms. The Morgan fingerprint density at radius 1 is 1.12 bits per heavy atom. The molecule has 0 saturated heterocycles. The number of guanidine groups is 1. The minimum Gasteiger partial charge on any atom is -0.356 e. The van der Waals surface area contributed by atoms with Gasteiger partial charge in [-0.3, -0.25) is 4.99 Å². The fourth-order valence-electron chi connectivity index (χ4n) is 2.54. The third-order valence-electron chi connectivity index (χ3n) is 4.27. The van der Waals surface area contributed by atoms with Gasteiger partial charge in [-0.2, -0.15) is 0 Å². The van der Waals surface area contributed by atoms with Crippen LogP contribution in [0.1, 0.15) is 38.2 Å². The Labute approximate surface area is 144 Å². The maximum absolute atomic E-state index is 4.32. The Balaban J connectivity index is 1.69. The lowest BCUT2D eigenvalue weighted by molar-refractivity contribution is 0.545. The molecular formula is C18H28N6. The topological polar surface area (TPSA) is 67.1 Å². The number of aromatic nitrogens is 3. The van der Waals surface area contributed by atoms with E-state index in [1.54, 1.807) is 12.7 Å². The molecule has 2 N–H and O–H groups in total. The van der Waals surface area contributed by atoms with E-state index in [2.05, 4.69) is 70.0 Å². The van der Waals surface area contributed by atoms with Crippen LogP contribution in [0.25, 0.3) is 0 Å². The van der Waals surface area contributed by atoms with E-state index in [9.17, 15) is 0 Å². The summed E-state index contributed by atoms with van der Waals surface area (Å²) < 4.78 is 2.00. The molecule has 2 rings (SSSR count). The second kappa shape index (κ2) is 9.70. The van der Waals surface area contributed by atoms with Crippen molar-refractivity contribution in [3.8, 4) is 0 Å². The van der Waals surface area contributed by atoms with Crippen molar-refractivity contribution in [1.29, 1.82) is 0 Å². The van der Waals surface area contributed by atoms with Crippen molar-refractivity contribution in [1.82, 2.24) is 25.4 Å². The molecule has 0 bridgehead atoms. The lowest BCUT2D eigenvalue weighted by Crippen LogP contribution is -2.44. The summed E-state index contributed by atoms with van der Waals surface area (Å²) in [6, 6.07) is 10.9. The molecule has 0 radical (unpaired) electrons. The van der Waals surface area contributed by atoms with Crippen LogP contribution in [-0.4, -0.2) is 40.4 Å². The van der Waals surface area contributed by atoms with Gasteiger partial charge in [-0.25, -0.2) is 0 Å². The zero-order chi connectivity index (χ0) is 17.2. The van der Waals surface area contributed by atoms with Gasteiger partial charge < -0.3 is 15.2 Å². The number of hydrogen-bond acceptors (Lipinski definition) is 3. The van der Waals surface area contributed by atoms with Crippen molar-refractivity contribution >= 4 is 5.96 Å². The molecule has 0 amide bonds. The highest BCUT2D eigenvalue weighted by atomic mass is 15.2. The van der Waals surface area contributed by atoms with Crippen molar-refractivity contribution < 1.29 is 0 Å². The summed E-state index contributed by atoms with van der Waals surface area (Å²) in [5, 5.41) is 14.5. The summed E-state index contributed by atoms with van der Waals surface area (Å²) >= 11 is 0. The van der Waals surface area contributed by atoms with Crippen LogP contribution in [0.5, 0.6) is 0 Å². The van der Waals surface area contributed by atoms with Crippen molar-refractivity contribution in [3.05, 3.63) is 48.5 Å². The number of rotatable bonds is 8. The summed E-state index contributed by atoms with van der Waals surface area (Å²) in [7, 11) is 1.81. The first-order valence-corrected chi connectivity index (χ1v) is 8.55. The first-order valence-electron chi connectivity index (χ1n) is 8.55. The zero-order valence-corrected chi connectivity index (χ0v) is 14.8. The normalized spacial score (nSPS) is 14.2. The van der Waals surface area contributed by atoms with E-state index >= 15 is 0 Å². The highest BCUT2D eigenvalue weighted by Gasteiger charge is 2.15. The second-order valence-electron chi connectivity index (χ2n) is 6.04. The van der Waals surface area contributed by atoms with E-state index in [0.717, 1.165) is 31.9 Å². The standard InChI is InChI=1S/C18H28N6/c1-15(17-9-5-4-6-10-17)16(2)23-18(19-3)20-11-7-8-12-24-13-21-22-14-24/h4-6,9-10,13-16H,7-8,11-12H2,1-3H3,(H2,19,20,23). The summed E-state index contributed by atoms with van der Waals surface area (Å²) in [4.78, 5) is 4.32. The summed E-state index contributed by atoms with van der Waals surface area (Å²) in [6.45, 7) is 6.27. The molecule has 2 atom stereocenters. The minimum absolute atomic E-state index is 0.302. The number of hydrogen-bond donors (Lipinski definition) is 2. The zero-order valence-electron chi connectivity index (χ0n) is 14.8. The Bertz CT molecular complexity index is 593. The predicted octanol–water partition coefficient (Wildman–Crippen LogP) is 2.42. The monoisotopic (exact) mass is 328 g/mol. The van der Waals surface area contributed by atoms with Gasteiger partial charge in [0.15, 0.2) is 5.96 Å². The van der Waals surface area contributed by atoms with Crippen LogP contribution in [0.15, 0.2) is 48.0 Å². The van der Waals surface area contributed by atoms with Crippen LogP contribution in [-0.2, 0) is 6.54 Å². The van der Waals surface area contributed by atoms with Gasteiger partial charge in [-0.05, 0) is 25.3 Å². The molecule has 1 aromatic carbocycles. The van der Waals surface area contributed by atoms with Crippen LogP contribution >= 0.6 is 0 Å². The van der Waals surface area contributed by atoms with Gasteiger partial charge in [0.25, 0.3) is 0 Å². The third kappa shape index (κ3) is 5.68. The summed E-state index contributed by atoms with van der Waals surface area (Å²) in [6.07, 6.45) is 5.65. The van der Waals surface area contributed by atoms with E-state index in [-0.39, 0.29) is 0 Å². The predicted molar refractivity (Wildman–Crippen MR) is 98.1 cm³/mol. The highest BCUT2D eigenvalue weighted by molar-refractivity contribution is 5.80. The van der Waals surface area contributed by atoms with Crippen LogP contribution in [0.3, 0.4) is 0 Å². The molecule has 6 heteroatoms. The Morgan fingerprint density at radius 3 is 2.50 bits per heavy atom. The fourth-order valence-corrected chi connectivity index (χ4v) is 2.54. The van der Waals surface area contributed by atoms with Gasteiger partial charge in [0.1, 0.15) is 12.7 Å². The van der Waals surface area contributed by atoms with Crippen molar-refractivity contribution in [2.24, 2.45) is 4.99 Å². The molecule has 6 nitrogen and oxygen atoms in total. The molecule has 130 valence electrons. The van der Waals surface area contributed by atoms with Crippen molar-refractivity contribution in [2.75, 3.05) is 13.6 Å². The van der Waals surface area contributed by atoms with Crippen LogP contribution in [0, 0.1) is 0 Å².